The summed E-state index contributed by atoms with van der Waals surface area (Å²) in [5.74, 6) is -0.694. The number of hydrogen-bond donors (Lipinski definition) is 2. The summed E-state index contributed by atoms with van der Waals surface area (Å²) in [6.45, 7) is 11.0. The van der Waals surface area contributed by atoms with Gasteiger partial charge in [0.15, 0.2) is 0 Å². The fourth-order valence-electron chi connectivity index (χ4n) is 3.62. The van der Waals surface area contributed by atoms with Crippen LogP contribution in [0.25, 0.3) is 0 Å². The van der Waals surface area contributed by atoms with Crippen molar-refractivity contribution in [3.05, 3.63) is 70.8 Å². The third-order valence-electron chi connectivity index (χ3n) is 5.21. The Morgan fingerprint density at radius 1 is 0.970 bits per heavy atom. The minimum absolute atomic E-state index is 0.295. The zero-order chi connectivity index (χ0) is 24.8. The van der Waals surface area contributed by atoms with Crippen LogP contribution in [0.3, 0.4) is 0 Å². The van der Waals surface area contributed by atoms with E-state index in [9.17, 15) is 14.4 Å². The number of aryl methyl sites for hydroxylation is 2. The molecular weight excluding hydrogens is 418 g/mol. The fraction of sp³-hybridized carbons (Fsp3) is 0.423. The molecule has 0 aliphatic heterocycles. The van der Waals surface area contributed by atoms with Crippen molar-refractivity contribution in [3.8, 4) is 0 Å². The highest BCUT2D eigenvalue weighted by molar-refractivity contribution is 5.92. The number of rotatable bonds is 7. The van der Waals surface area contributed by atoms with Crippen LogP contribution in [0, 0.1) is 13.8 Å². The molecule has 0 radical (unpaired) electrons. The molecule has 7 heteroatoms. The second-order valence-corrected chi connectivity index (χ2v) is 9.23. The lowest BCUT2D eigenvalue weighted by Gasteiger charge is -2.32. The van der Waals surface area contributed by atoms with Gasteiger partial charge in [-0.05, 0) is 63.8 Å². The van der Waals surface area contributed by atoms with Crippen molar-refractivity contribution in [1.82, 2.24) is 15.5 Å². The van der Waals surface area contributed by atoms with Gasteiger partial charge in [0.05, 0.1) is 0 Å². The first-order valence-corrected chi connectivity index (χ1v) is 11.0. The van der Waals surface area contributed by atoms with Gasteiger partial charge in [0.25, 0.3) is 0 Å². The molecule has 0 fully saturated rings. The molecule has 2 aromatic carbocycles. The number of nitrogens with one attached hydrogen (secondary N) is 2. The quantitative estimate of drug-likeness (QED) is 0.663. The lowest BCUT2D eigenvalue weighted by Crippen LogP contribution is -2.50. The minimum atomic E-state index is -0.876. The minimum Gasteiger partial charge on any atom is -0.444 e. The number of benzene rings is 2. The highest BCUT2D eigenvalue weighted by atomic mass is 16.6. The van der Waals surface area contributed by atoms with Crippen molar-refractivity contribution in [2.75, 3.05) is 7.05 Å². The molecule has 2 rings (SSSR count). The van der Waals surface area contributed by atoms with E-state index in [-0.39, 0.29) is 5.91 Å². The van der Waals surface area contributed by atoms with E-state index in [2.05, 4.69) is 10.6 Å². The molecule has 0 saturated carbocycles. The van der Waals surface area contributed by atoms with E-state index in [1.165, 1.54) is 4.90 Å². The van der Waals surface area contributed by atoms with Gasteiger partial charge in [-0.15, -0.1) is 0 Å². The summed E-state index contributed by atoms with van der Waals surface area (Å²) in [5, 5.41) is 5.52. The number of carbonyl (C=O) groups excluding carboxylic acids is 3. The highest BCUT2D eigenvalue weighted by Crippen LogP contribution is 2.27. The molecule has 0 bridgehead atoms. The van der Waals surface area contributed by atoms with E-state index in [1.807, 2.05) is 62.4 Å². The lowest BCUT2D eigenvalue weighted by molar-refractivity contribution is -0.140. The Hall–Kier alpha value is -3.35. The van der Waals surface area contributed by atoms with Crippen molar-refractivity contribution in [3.63, 3.8) is 0 Å². The first-order chi connectivity index (χ1) is 15.4. The van der Waals surface area contributed by atoms with Gasteiger partial charge >= 0.3 is 6.09 Å². The summed E-state index contributed by atoms with van der Waals surface area (Å²) < 4.78 is 5.26. The molecule has 3 amide bonds. The molecule has 178 valence electrons. The summed E-state index contributed by atoms with van der Waals surface area (Å²) in [6.07, 6.45) is -0.686. The highest BCUT2D eigenvalue weighted by Gasteiger charge is 2.33. The lowest BCUT2D eigenvalue weighted by atomic mass is 9.94. The molecule has 2 atom stereocenters. The molecule has 2 N–H and O–H groups in total. The first-order valence-electron chi connectivity index (χ1n) is 11.0. The Bertz CT molecular complexity index is 963. The molecular formula is C26H35N3O4. The van der Waals surface area contributed by atoms with E-state index in [4.69, 9.17) is 4.74 Å². The molecule has 33 heavy (non-hydrogen) atoms. The fourth-order valence-corrected chi connectivity index (χ4v) is 3.62. The number of nitrogens with zero attached hydrogens (tertiary/aromatic N) is 1. The SMILES string of the molecule is Cc1cccc(C)c1C(C(=O)NCc1ccccc1)N(C)C(=O)C(C)NC(=O)OC(C)(C)C. The summed E-state index contributed by atoms with van der Waals surface area (Å²) in [7, 11) is 1.58. The van der Waals surface area contributed by atoms with Crippen LogP contribution in [0.15, 0.2) is 48.5 Å². The van der Waals surface area contributed by atoms with Crippen LogP contribution in [-0.2, 0) is 20.9 Å². The Morgan fingerprint density at radius 3 is 2.09 bits per heavy atom. The summed E-state index contributed by atoms with van der Waals surface area (Å²) in [4.78, 5) is 40.2. The Kier molecular flexibility index (Phi) is 8.63. The standard InChI is InChI=1S/C26H35N3O4/c1-17-12-11-13-18(2)21(17)22(23(30)27-16-20-14-9-8-10-15-20)29(7)24(31)19(3)28-25(32)33-26(4,5)6/h8-15,19,22H,16H2,1-7H3,(H,27,30)(H,28,32). The van der Waals surface area contributed by atoms with E-state index in [0.717, 1.165) is 22.3 Å². The number of amides is 3. The van der Waals surface area contributed by atoms with Crippen molar-refractivity contribution in [1.29, 1.82) is 0 Å². The zero-order valence-electron chi connectivity index (χ0n) is 20.6. The van der Waals surface area contributed by atoms with Gasteiger partial charge in [-0.25, -0.2) is 4.79 Å². The predicted molar refractivity (Wildman–Crippen MR) is 129 cm³/mol. The number of carbonyl (C=O) groups is 3. The topological polar surface area (TPSA) is 87.7 Å². The summed E-state index contributed by atoms with van der Waals surface area (Å²) in [6, 6.07) is 13.6. The van der Waals surface area contributed by atoms with Gasteiger partial charge in [-0.1, -0.05) is 48.5 Å². The maximum absolute atomic E-state index is 13.4. The predicted octanol–water partition coefficient (Wildman–Crippen LogP) is 4.03. The normalized spacial score (nSPS) is 12.9. The van der Waals surface area contributed by atoms with Crippen molar-refractivity contribution < 1.29 is 19.1 Å². The van der Waals surface area contributed by atoms with Crippen LogP contribution >= 0.6 is 0 Å². The Balaban J connectivity index is 2.27. The number of likely N-dealkylation sites (N-methyl/N-ethyl adjacent to an activating group) is 1. The monoisotopic (exact) mass is 453 g/mol. The zero-order valence-corrected chi connectivity index (χ0v) is 20.6. The molecule has 0 aromatic heterocycles. The largest absolute Gasteiger partial charge is 0.444 e. The molecule has 0 heterocycles. The summed E-state index contributed by atoms with van der Waals surface area (Å²) in [5.41, 5.74) is 2.85. The van der Waals surface area contributed by atoms with E-state index >= 15 is 0 Å². The van der Waals surface area contributed by atoms with Gasteiger partial charge in [0, 0.05) is 13.6 Å². The number of alkyl carbamates (subject to hydrolysis) is 1. The number of ether oxygens (including phenoxy) is 1. The van der Waals surface area contributed by atoms with E-state index in [0.29, 0.717) is 6.54 Å². The molecule has 0 aliphatic carbocycles. The second-order valence-electron chi connectivity index (χ2n) is 9.23. The molecule has 0 aliphatic rings. The van der Waals surface area contributed by atoms with Gasteiger partial charge < -0.3 is 20.3 Å². The van der Waals surface area contributed by atoms with Crippen LogP contribution in [0.2, 0.25) is 0 Å². The van der Waals surface area contributed by atoms with Crippen molar-refractivity contribution >= 4 is 17.9 Å². The Labute approximate surface area is 196 Å². The van der Waals surface area contributed by atoms with Gasteiger partial charge in [0.2, 0.25) is 11.8 Å². The van der Waals surface area contributed by atoms with Crippen LogP contribution in [0.5, 0.6) is 0 Å². The molecule has 2 aromatic rings. The average Bonchev–Trinajstić information content (AvgIpc) is 2.73. The Morgan fingerprint density at radius 2 is 1.55 bits per heavy atom. The van der Waals surface area contributed by atoms with Gasteiger partial charge in [-0.3, -0.25) is 9.59 Å². The molecule has 0 saturated heterocycles. The van der Waals surface area contributed by atoms with Crippen LogP contribution in [-0.4, -0.2) is 41.5 Å². The van der Waals surface area contributed by atoms with Crippen LogP contribution in [0.4, 0.5) is 4.79 Å². The van der Waals surface area contributed by atoms with Crippen molar-refractivity contribution in [2.24, 2.45) is 0 Å². The smallest absolute Gasteiger partial charge is 0.408 e. The molecule has 7 nitrogen and oxygen atoms in total. The third-order valence-corrected chi connectivity index (χ3v) is 5.21. The maximum Gasteiger partial charge on any atom is 0.408 e. The summed E-state index contributed by atoms with van der Waals surface area (Å²) >= 11 is 0. The van der Waals surface area contributed by atoms with Crippen LogP contribution in [0.1, 0.15) is 56.0 Å². The first kappa shape index (κ1) is 25.9. The average molecular weight is 454 g/mol. The number of hydrogen-bond acceptors (Lipinski definition) is 4. The van der Waals surface area contributed by atoms with Crippen molar-refractivity contribution in [2.45, 2.75) is 65.8 Å². The second kappa shape index (κ2) is 11.0. The third kappa shape index (κ3) is 7.34. The maximum atomic E-state index is 13.4. The van der Waals surface area contributed by atoms with E-state index in [1.54, 1.807) is 34.7 Å². The molecule has 0 spiro atoms. The van der Waals surface area contributed by atoms with E-state index < -0.39 is 29.7 Å². The van der Waals surface area contributed by atoms with Gasteiger partial charge in [0.1, 0.15) is 17.7 Å². The molecule has 2 unspecified atom stereocenters. The van der Waals surface area contributed by atoms with Crippen LogP contribution < -0.4 is 10.6 Å². The van der Waals surface area contributed by atoms with Gasteiger partial charge in [-0.2, -0.15) is 0 Å².